The molecule has 1 aliphatic carbocycles. The van der Waals surface area contributed by atoms with Gasteiger partial charge in [-0.3, -0.25) is 0 Å². The molecule has 0 spiro atoms. The Morgan fingerprint density at radius 3 is 2.58 bits per heavy atom. The van der Waals surface area contributed by atoms with E-state index < -0.39 is 0 Å². The maximum absolute atomic E-state index is 13.2. The molecule has 0 saturated heterocycles. The van der Waals surface area contributed by atoms with Gasteiger partial charge < -0.3 is 5.73 Å². The molecule has 0 heterocycles. The van der Waals surface area contributed by atoms with Crippen molar-refractivity contribution in [2.24, 2.45) is 17.6 Å². The van der Waals surface area contributed by atoms with E-state index in [9.17, 15) is 4.39 Å². The normalized spacial score (nSPS) is 25.3. The smallest absolute Gasteiger partial charge is 0.137 e. The van der Waals surface area contributed by atoms with Crippen LogP contribution in [0.4, 0.5) is 4.39 Å². The molecule has 2 rings (SSSR count). The van der Waals surface area contributed by atoms with Gasteiger partial charge in [-0.05, 0) is 64.7 Å². The van der Waals surface area contributed by atoms with Crippen LogP contribution in [0.15, 0.2) is 22.7 Å². The number of hydrogen-bond donors (Lipinski definition) is 1. The van der Waals surface area contributed by atoms with Crippen molar-refractivity contribution in [1.82, 2.24) is 0 Å². The first kappa shape index (κ1) is 15.0. The summed E-state index contributed by atoms with van der Waals surface area (Å²) in [5.41, 5.74) is 7.47. The molecule has 1 saturated carbocycles. The lowest BCUT2D eigenvalue weighted by Crippen LogP contribution is -2.34. The second-order valence-electron chi connectivity index (χ2n) is 5.81. The van der Waals surface area contributed by atoms with Gasteiger partial charge in [0.05, 0.1) is 4.47 Å². The Balaban J connectivity index is 1.90. The van der Waals surface area contributed by atoms with Gasteiger partial charge in [0, 0.05) is 6.04 Å². The lowest BCUT2D eigenvalue weighted by Gasteiger charge is -2.31. The summed E-state index contributed by atoms with van der Waals surface area (Å²) in [4.78, 5) is 0. The third-order valence-corrected chi connectivity index (χ3v) is 5.14. The van der Waals surface area contributed by atoms with Crippen molar-refractivity contribution in [3.63, 3.8) is 0 Å². The largest absolute Gasteiger partial charge is 0.327 e. The molecule has 1 aliphatic rings. The third kappa shape index (κ3) is 4.03. The van der Waals surface area contributed by atoms with Gasteiger partial charge in [0.1, 0.15) is 5.82 Å². The molecule has 1 unspecified atom stereocenters. The van der Waals surface area contributed by atoms with Gasteiger partial charge >= 0.3 is 0 Å². The summed E-state index contributed by atoms with van der Waals surface area (Å²) in [6, 6.07) is 5.42. The highest BCUT2D eigenvalue weighted by Crippen LogP contribution is 2.32. The van der Waals surface area contributed by atoms with E-state index in [-0.39, 0.29) is 11.9 Å². The lowest BCUT2D eigenvalue weighted by molar-refractivity contribution is 0.238. The maximum Gasteiger partial charge on any atom is 0.137 e. The number of nitrogens with two attached hydrogens (primary N) is 1. The van der Waals surface area contributed by atoms with Gasteiger partial charge in [0.15, 0.2) is 0 Å². The fourth-order valence-corrected chi connectivity index (χ4v) is 3.56. The van der Waals surface area contributed by atoms with Crippen molar-refractivity contribution in [2.45, 2.75) is 51.5 Å². The minimum Gasteiger partial charge on any atom is -0.327 e. The quantitative estimate of drug-likeness (QED) is 0.854. The SMILES string of the molecule is CCC1CCC(C(N)Cc2ccc(F)c(Br)c2)CC1. The van der Waals surface area contributed by atoms with E-state index in [1.54, 1.807) is 0 Å². The molecular weight excluding hydrogens is 305 g/mol. The van der Waals surface area contributed by atoms with Crippen molar-refractivity contribution in [1.29, 1.82) is 0 Å². The lowest BCUT2D eigenvalue weighted by atomic mass is 9.76. The fraction of sp³-hybridized carbons (Fsp3) is 0.625. The molecular formula is C16H23BrFN. The van der Waals surface area contributed by atoms with E-state index in [0.717, 1.165) is 17.9 Å². The van der Waals surface area contributed by atoms with E-state index in [0.29, 0.717) is 10.4 Å². The van der Waals surface area contributed by atoms with E-state index in [1.807, 2.05) is 12.1 Å². The summed E-state index contributed by atoms with van der Waals surface area (Å²) in [6.45, 7) is 2.28. The van der Waals surface area contributed by atoms with Gasteiger partial charge in [-0.15, -0.1) is 0 Å². The van der Waals surface area contributed by atoms with Crippen LogP contribution in [-0.2, 0) is 6.42 Å². The number of halogens is 2. The Morgan fingerprint density at radius 1 is 1.32 bits per heavy atom. The third-order valence-electron chi connectivity index (χ3n) is 4.53. The van der Waals surface area contributed by atoms with Crippen LogP contribution in [0.25, 0.3) is 0 Å². The molecule has 2 N–H and O–H groups in total. The van der Waals surface area contributed by atoms with Crippen LogP contribution in [0.5, 0.6) is 0 Å². The highest BCUT2D eigenvalue weighted by atomic mass is 79.9. The molecule has 19 heavy (non-hydrogen) atoms. The Bertz CT molecular complexity index is 413. The second kappa shape index (κ2) is 6.85. The molecule has 1 aromatic rings. The molecule has 3 heteroatoms. The fourth-order valence-electron chi connectivity index (χ4n) is 3.13. The molecule has 0 bridgehead atoms. The zero-order chi connectivity index (χ0) is 13.8. The summed E-state index contributed by atoms with van der Waals surface area (Å²) < 4.78 is 13.7. The Kier molecular flexibility index (Phi) is 5.40. The highest BCUT2D eigenvalue weighted by molar-refractivity contribution is 9.10. The highest BCUT2D eigenvalue weighted by Gasteiger charge is 2.24. The predicted molar refractivity (Wildman–Crippen MR) is 81.5 cm³/mol. The van der Waals surface area contributed by atoms with E-state index in [4.69, 9.17) is 5.73 Å². The van der Waals surface area contributed by atoms with Crippen molar-refractivity contribution < 1.29 is 4.39 Å². The first-order valence-electron chi connectivity index (χ1n) is 7.29. The molecule has 0 amide bonds. The zero-order valence-electron chi connectivity index (χ0n) is 11.5. The second-order valence-corrected chi connectivity index (χ2v) is 6.66. The molecule has 0 radical (unpaired) electrons. The Hall–Kier alpha value is -0.410. The minimum atomic E-state index is -0.208. The summed E-state index contributed by atoms with van der Waals surface area (Å²) in [7, 11) is 0. The van der Waals surface area contributed by atoms with Gasteiger partial charge in [-0.1, -0.05) is 32.3 Å². The van der Waals surface area contributed by atoms with Crippen molar-refractivity contribution in [2.75, 3.05) is 0 Å². The van der Waals surface area contributed by atoms with Crippen LogP contribution in [-0.4, -0.2) is 6.04 Å². The van der Waals surface area contributed by atoms with Gasteiger partial charge in [0.25, 0.3) is 0 Å². The number of hydrogen-bond acceptors (Lipinski definition) is 1. The average Bonchev–Trinajstić information content (AvgIpc) is 2.43. The van der Waals surface area contributed by atoms with Crippen LogP contribution >= 0.6 is 15.9 Å². The summed E-state index contributed by atoms with van der Waals surface area (Å²) in [5, 5.41) is 0. The monoisotopic (exact) mass is 327 g/mol. The minimum absolute atomic E-state index is 0.204. The van der Waals surface area contributed by atoms with E-state index in [2.05, 4.69) is 22.9 Å². The molecule has 1 fully saturated rings. The first-order valence-corrected chi connectivity index (χ1v) is 8.09. The van der Waals surface area contributed by atoms with E-state index >= 15 is 0 Å². The van der Waals surface area contributed by atoms with Gasteiger partial charge in [-0.25, -0.2) is 4.39 Å². The predicted octanol–water partition coefficient (Wildman–Crippen LogP) is 4.67. The molecule has 1 atom stereocenters. The first-order chi connectivity index (χ1) is 9.10. The van der Waals surface area contributed by atoms with Gasteiger partial charge in [0.2, 0.25) is 0 Å². The molecule has 1 aromatic carbocycles. The Labute approximate surface area is 123 Å². The Morgan fingerprint density at radius 2 is 2.00 bits per heavy atom. The number of rotatable bonds is 4. The van der Waals surface area contributed by atoms with Gasteiger partial charge in [-0.2, -0.15) is 0 Å². The standard InChI is InChI=1S/C16H23BrFN/c1-2-11-3-6-13(7-4-11)16(19)10-12-5-8-15(18)14(17)9-12/h5,8-9,11,13,16H,2-4,6-7,10,19H2,1H3. The molecule has 0 aromatic heterocycles. The summed E-state index contributed by atoms with van der Waals surface area (Å²) in [6.07, 6.45) is 7.29. The van der Waals surface area contributed by atoms with Crippen molar-refractivity contribution in [3.05, 3.63) is 34.1 Å². The molecule has 0 aliphatic heterocycles. The summed E-state index contributed by atoms with van der Waals surface area (Å²) >= 11 is 3.23. The van der Waals surface area contributed by atoms with Crippen molar-refractivity contribution in [3.8, 4) is 0 Å². The van der Waals surface area contributed by atoms with Crippen molar-refractivity contribution >= 4 is 15.9 Å². The van der Waals surface area contributed by atoms with Crippen LogP contribution < -0.4 is 5.73 Å². The van der Waals surface area contributed by atoms with Crippen LogP contribution in [0.1, 0.15) is 44.6 Å². The van der Waals surface area contributed by atoms with Crippen LogP contribution in [0, 0.1) is 17.7 Å². The average molecular weight is 328 g/mol. The van der Waals surface area contributed by atoms with E-state index in [1.165, 1.54) is 38.2 Å². The maximum atomic E-state index is 13.2. The topological polar surface area (TPSA) is 26.0 Å². The summed E-state index contributed by atoms with van der Waals surface area (Å²) in [5.74, 6) is 1.33. The zero-order valence-corrected chi connectivity index (χ0v) is 13.1. The van der Waals surface area contributed by atoms with Crippen LogP contribution in [0.2, 0.25) is 0 Å². The van der Waals surface area contributed by atoms with Crippen LogP contribution in [0.3, 0.4) is 0 Å². The number of benzene rings is 1. The molecule has 106 valence electrons. The molecule has 1 nitrogen and oxygen atoms in total.